The van der Waals surface area contributed by atoms with Crippen molar-refractivity contribution in [1.82, 2.24) is 5.32 Å². The molecule has 1 N–H and O–H groups in total. The van der Waals surface area contributed by atoms with Gasteiger partial charge in [-0.15, -0.1) is 11.3 Å². The van der Waals surface area contributed by atoms with E-state index in [1.165, 1.54) is 37.7 Å². The maximum atomic E-state index is 5.57. The maximum absolute atomic E-state index is 5.57. The maximum Gasteiger partial charge on any atom is 0.0591 e. The molecule has 1 atom stereocenters. The molecule has 0 spiro atoms. The second kappa shape index (κ2) is 7.14. The molecule has 0 saturated carbocycles. The van der Waals surface area contributed by atoms with Crippen LogP contribution in [0.1, 0.15) is 49.1 Å². The molecule has 0 aromatic carbocycles. The first-order valence-corrected chi connectivity index (χ1v) is 7.67. The molecule has 1 aromatic rings. The number of hydrogen-bond donors (Lipinski definition) is 1. The Hall–Kier alpha value is -0.380. The summed E-state index contributed by atoms with van der Waals surface area (Å²) in [4.78, 5) is 1.58. The average Bonchev–Trinajstić information content (AvgIpc) is 2.82. The number of unbranched alkanes of at least 4 members (excludes halogenated alkanes) is 1. The molecule has 0 bridgehead atoms. The van der Waals surface area contributed by atoms with Crippen molar-refractivity contribution in [1.29, 1.82) is 0 Å². The Morgan fingerprint density at radius 1 is 1.47 bits per heavy atom. The summed E-state index contributed by atoms with van der Waals surface area (Å²) < 4.78 is 5.57. The van der Waals surface area contributed by atoms with E-state index in [0.717, 1.165) is 19.8 Å². The summed E-state index contributed by atoms with van der Waals surface area (Å²) >= 11 is 1.91. The van der Waals surface area contributed by atoms with Crippen molar-refractivity contribution in [3.8, 4) is 0 Å². The zero-order valence-electron chi connectivity index (χ0n) is 10.7. The van der Waals surface area contributed by atoms with Gasteiger partial charge in [0.05, 0.1) is 6.61 Å². The fourth-order valence-electron chi connectivity index (χ4n) is 2.35. The molecule has 1 unspecified atom stereocenters. The molecule has 2 rings (SSSR count). The predicted molar refractivity (Wildman–Crippen MR) is 73.7 cm³/mol. The van der Waals surface area contributed by atoms with Gasteiger partial charge in [-0.3, -0.25) is 0 Å². The molecular formula is C14H23NOS. The third-order valence-corrected chi connectivity index (χ3v) is 4.33. The third-order valence-electron chi connectivity index (χ3n) is 3.33. The quantitative estimate of drug-likeness (QED) is 0.751. The van der Waals surface area contributed by atoms with Gasteiger partial charge in [-0.2, -0.15) is 0 Å². The summed E-state index contributed by atoms with van der Waals surface area (Å²) in [5.41, 5.74) is 1.54. The van der Waals surface area contributed by atoms with Gasteiger partial charge in [-0.25, -0.2) is 0 Å². The lowest BCUT2D eigenvalue weighted by molar-refractivity contribution is 0.130. The molecule has 1 aromatic heterocycles. The monoisotopic (exact) mass is 253 g/mol. The molecule has 96 valence electrons. The molecule has 17 heavy (non-hydrogen) atoms. The highest BCUT2D eigenvalue weighted by atomic mass is 32.1. The largest absolute Gasteiger partial charge is 0.380 e. The van der Waals surface area contributed by atoms with Crippen molar-refractivity contribution < 1.29 is 4.74 Å². The summed E-state index contributed by atoms with van der Waals surface area (Å²) in [7, 11) is 0. The normalized spacial score (nSPS) is 19.2. The first-order valence-electron chi connectivity index (χ1n) is 6.79. The Morgan fingerprint density at radius 3 is 3.29 bits per heavy atom. The van der Waals surface area contributed by atoms with Crippen molar-refractivity contribution in [2.24, 2.45) is 0 Å². The summed E-state index contributed by atoms with van der Waals surface area (Å²) in [5, 5.41) is 5.85. The lowest BCUT2D eigenvalue weighted by atomic mass is 9.94. The van der Waals surface area contributed by atoms with Gasteiger partial charge in [-0.05, 0) is 42.7 Å². The van der Waals surface area contributed by atoms with E-state index in [9.17, 15) is 0 Å². The number of thiophene rings is 1. The molecule has 2 nitrogen and oxygen atoms in total. The molecule has 1 aliphatic carbocycles. The van der Waals surface area contributed by atoms with E-state index in [4.69, 9.17) is 4.74 Å². The van der Waals surface area contributed by atoms with Gasteiger partial charge in [0.2, 0.25) is 0 Å². The van der Waals surface area contributed by atoms with Crippen LogP contribution >= 0.6 is 11.3 Å². The summed E-state index contributed by atoms with van der Waals surface area (Å²) in [6.07, 6.45) is 6.27. The van der Waals surface area contributed by atoms with Crippen molar-refractivity contribution >= 4 is 11.3 Å². The lowest BCUT2D eigenvalue weighted by Gasteiger charge is -2.23. The second-order valence-electron chi connectivity index (χ2n) is 4.66. The van der Waals surface area contributed by atoms with Crippen LogP contribution in [0.15, 0.2) is 11.4 Å². The van der Waals surface area contributed by atoms with Crippen LogP contribution in [0.4, 0.5) is 0 Å². The Labute approximate surface area is 108 Å². The SMILES string of the molecule is CCCCOCCNC1CCCc2sccc21. The van der Waals surface area contributed by atoms with Crippen LogP contribution in [0.5, 0.6) is 0 Å². The molecule has 0 fully saturated rings. The average molecular weight is 253 g/mol. The van der Waals surface area contributed by atoms with E-state index in [1.54, 1.807) is 4.88 Å². The number of fused-ring (bicyclic) bond motifs is 1. The molecule has 0 saturated heterocycles. The molecular weight excluding hydrogens is 230 g/mol. The smallest absolute Gasteiger partial charge is 0.0591 e. The summed E-state index contributed by atoms with van der Waals surface area (Å²) in [5.74, 6) is 0. The van der Waals surface area contributed by atoms with Crippen molar-refractivity contribution in [3.05, 3.63) is 21.9 Å². The molecule has 1 aliphatic rings. The van der Waals surface area contributed by atoms with Gasteiger partial charge in [0, 0.05) is 24.1 Å². The van der Waals surface area contributed by atoms with E-state index in [1.807, 2.05) is 11.3 Å². The minimum Gasteiger partial charge on any atom is -0.380 e. The van der Waals surface area contributed by atoms with Crippen LogP contribution in [0, 0.1) is 0 Å². The van der Waals surface area contributed by atoms with Crippen LogP contribution in [0.2, 0.25) is 0 Å². The second-order valence-corrected chi connectivity index (χ2v) is 5.66. The molecule has 1 heterocycles. The van der Waals surface area contributed by atoms with Crippen LogP contribution in [-0.4, -0.2) is 19.8 Å². The van der Waals surface area contributed by atoms with Crippen molar-refractivity contribution in [2.75, 3.05) is 19.8 Å². The predicted octanol–water partition coefficient (Wildman–Crippen LogP) is 3.53. The van der Waals surface area contributed by atoms with E-state index in [-0.39, 0.29) is 0 Å². The van der Waals surface area contributed by atoms with Gasteiger partial charge < -0.3 is 10.1 Å². The van der Waals surface area contributed by atoms with E-state index < -0.39 is 0 Å². The van der Waals surface area contributed by atoms with Crippen molar-refractivity contribution in [3.63, 3.8) is 0 Å². The molecule has 0 amide bonds. The minimum atomic E-state index is 0.569. The standard InChI is InChI=1S/C14H23NOS/c1-2-3-9-16-10-8-15-13-5-4-6-14-12(13)7-11-17-14/h7,11,13,15H,2-6,8-10H2,1H3. The summed E-state index contributed by atoms with van der Waals surface area (Å²) in [6.45, 7) is 4.92. The number of hydrogen-bond acceptors (Lipinski definition) is 3. The first kappa shape index (κ1) is 13.1. The van der Waals surface area contributed by atoms with Gasteiger partial charge in [-0.1, -0.05) is 13.3 Å². The van der Waals surface area contributed by atoms with Gasteiger partial charge >= 0.3 is 0 Å². The van der Waals surface area contributed by atoms with Gasteiger partial charge in [0.15, 0.2) is 0 Å². The summed E-state index contributed by atoms with van der Waals surface area (Å²) in [6, 6.07) is 2.86. The highest BCUT2D eigenvalue weighted by Gasteiger charge is 2.20. The molecule has 3 heteroatoms. The topological polar surface area (TPSA) is 21.3 Å². The fourth-order valence-corrected chi connectivity index (χ4v) is 3.34. The van der Waals surface area contributed by atoms with Crippen LogP contribution in [0.25, 0.3) is 0 Å². The minimum absolute atomic E-state index is 0.569. The first-order chi connectivity index (χ1) is 8.42. The van der Waals surface area contributed by atoms with Crippen molar-refractivity contribution in [2.45, 2.75) is 45.1 Å². The number of rotatable bonds is 7. The zero-order valence-corrected chi connectivity index (χ0v) is 11.5. The Balaban J connectivity index is 1.67. The van der Waals surface area contributed by atoms with E-state index in [0.29, 0.717) is 6.04 Å². The lowest BCUT2D eigenvalue weighted by Crippen LogP contribution is -2.27. The Kier molecular flexibility index (Phi) is 5.49. The van der Waals surface area contributed by atoms with Crippen LogP contribution < -0.4 is 5.32 Å². The number of nitrogens with one attached hydrogen (secondary N) is 1. The fraction of sp³-hybridized carbons (Fsp3) is 0.714. The van der Waals surface area contributed by atoms with Crippen LogP contribution in [0.3, 0.4) is 0 Å². The van der Waals surface area contributed by atoms with Crippen LogP contribution in [-0.2, 0) is 11.2 Å². The molecule has 0 radical (unpaired) electrons. The molecule has 0 aliphatic heterocycles. The van der Waals surface area contributed by atoms with E-state index >= 15 is 0 Å². The Morgan fingerprint density at radius 2 is 2.41 bits per heavy atom. The van der Waals surface area contributed by atoms with Gasteiger partial charge in [0.25, 0.3) is 0 Å². The number of ether oxygens (including phenoxy) is 1. The number of aryl methyl sites for hydroxylation is 1. The highest BCUT2D eigenvalue weighted by Crippen LogP contribution is 2.32. The highest BCUT2D eigenvalue weighted by molar-refractivity contribution is 7.10. The zero-order chi connectivity index (χ0) is 11.9. The third kappa shape index (κ3) is 3.80. The van der Waals surface area contributed by atoms with E-state index in [2.05, 4.69) is 23.7 Å². The van der Waals surface area contributed by atoms with Gasteiger partial charge in [0.1, 0.15) is 0 Å². The Bertz CT molecular complexity index is 324.